The molecule has 0 bridgehead atoms. The first-order valence-electron chi connectivity index (χ1n) is 10.1. The van der Waals surface area contributed by atoms with Crippen LogP contribution in [0.2, 0.25) is 0 Å². The van der Waals surface area contributed by atoms with E-state index < -0.39 is 11.6 Å². The second kappa shape index (κ2) is 8.03. The Morgan fingerprint density at radius 1 is 0.935 bits per heavy atom. The lowest BCUT2D eigenvalue weighted by Gasteiger charge is -2.24. The van der Waals surface area contributed by atoms with Crippen LogP contribution in [-0.4, -0.2) is 19.6 Å². The average Bonchev–Trinajstić information content (AvgIpc) is 3.39. The van der Waals surface area contributed by atoms with Gasteiger partial charge in [-0.25, -0.2) is 22.5 Å². The minimum absolute atomic E-state index is 0.0772. The molecule has 0 fully saturated rings. The van der Waals surface area contributed by atoms with E-state index in [0.717, 1.165) is 42.1 Å². The van der Waals surface area contributed by atoms with Gasteiger partial charge in [-0.1, -0.05) is 6.07 Å². The minimum Gasteiger partial charge on any atom is -0.306 e. The lowest BCUT2D eigenvalue weighted by atomic mass is 9.92. The van der Waals surface area contributed by atoms with Gasteiger partial charge >= 0.3 is 0 Å². The SMILES string of the molecule is Fc1cccc(-n2cc(CNC3CCCc4c3cnn4-c3cc(F)cc(F)c3)cn2)c1. The fraction of sp³-hybridized carbons (Fsp3) is 0.217. The monoisotopic (exact) mass is 423 g/mol. The van der Waals surface area contributed by atoms with Crippen molar-refractivity contribution >= 4 is 0 Å². The summed E-state index contributed by atoms with van der Waals surface area (Å²) in [5.74, 6) is -1.56. The van der Waals surface area contributed by atoms with Crippen LogP contribution in [-0.2, 0) is 13.0 Å². The van der Waals surface area contributed by atoms with Crippen molar-refractivity contribution in [3.05, 3.63) is 95.3 Å². The zero-order valence-electron chi connectivity index (χ0n) is 16.6. The van der Waals surface area contributed by atoms with E-state index in [1.165, 1.54) is 24.3 Å². The van der Waals surface area contributed by atoms with Crippen molar-refractivity contribution in [3.63, 3.8) is 0 Å². The Bertz CT molecular complexity index is 1210. The molecule has 2 aromatic carbocycles. The largest absolute Gasteiger partial charge is 0.306 e. The van der Waals surface area contributed by atoms with Gasteiger partial charge in [0.25, 0.3) is 0 Å². The molecular weight excluding hydrogens is 403 g/mol. The molecule has 5 rings (SSSR count). The summed E-state index contributed by atoms with van der Waals surface area (Å²) in [5.41, 5.74) is 4.01. The van der Waals surface area contributed by atoms with Crippen molar-refractivity contribution in [3.8, 4) is 11.4 Å². The fourth-order valence-electron chi connectivity index (χ4n) is 4.11. The highest BCUT2D eigenvalue weighted by Gasteiger charge is 2.25. The Morgan fingerprint density at radius 2 is 1.74 bits per heavy atom. The number of halogens is 3. The highest BCUT2D eigenvalue weighted by molar-refractivity contribution is 5.38. The Balaban J connectivity index is 1.33. The van der Waals surface area contributed by atoms with Crippen LogP contribution >= 0.6 is 0 Å². The van der Waals surface area contributed by atoms with E-state index in [4.69, 9.17) is 0 Å². The van der Waals surface area contributed by atoms with Crippen LogP contribution in [0.1, 0.15) is 35.7 Å². The van der Waals surface area contributed by atoms with Crippen LogP contribution in [0.3, 0.4) is 0 Å². The van der Waals surface area contributed by atoms with Crippen LogP contribution in [0.4, 0.5) is 13.2 Å². The molecule has 1 unspecified atom stereocenters. The molecule has 2 heterocycles. The van der Waals surface area contributed by atoms with E-state index in [0.29, 0.717) is 17.9 Å². The Kier molecular flexibility index (Phi) is 5.07. The van der Waals surface area contributed by atoms with Crippen LogP contribution in [0.15, 0.2) is 61.1 Å². The van der Waals surface area contributed by atoms with Gasteiger partial charge in [-0.2, -0.15) is 10.2 Å². The molecule has 0 spiro atoms. The van der Waals surface area contributed by atoms with Gasteiger partial charge in [0.1, 0.15) is 17.5 Å². The van der Waals surface area contributed by atoms with Crippen LogP contribution in [0, 0.1) is 17.5 Å². The van der Waals surface area contributed by atoms with Gasteiger partial charge in [-0.15, -0.1) is 0 Å². The van der Waals surface area contributed by atoms with Crippen molar-refractivity contribution in [1.82, 2.24) is 24.9 Å². The first kappa shape index (κ1) is 19.6. The molecular formula is C23H20F3N5. The molecule has 2 aromatic heterocycles. The number of fused-ring (bicyclic) bond motifs is 1. The average molecular weight is 423 g/mol. The molecule has 1 aliphatic carbocycles. The molecule has 0 amide bonds. The van der Waals surface area contributed by atoms with Crippen LogP contribution < -0.4 is 5.32 Å². The van der Waals surface area contributed by atoms with Gasteiger partial charge in [0, 0.05) is 41.7 Å². The number of benzene rings is 2. The predicted octanol–water partition coefficient (Wildman–Crippen LogP) is 4.64. The Morgan fingerprint density at radius 3 is 2.55 bits per heavy atom. The number of hydrogen-bond acceptors (Lipinski definition) is 3. The molecule has 1 N–H and O–H groups in total. The minimum atomic E-state index is -0.625. The van der Waals surface area contributed by atoms with Crippen LogP contribution in [0.25, 0.3) is 11.4 Å². The zero-order valence-corrected chi connectivity index (χ0v) is 16.6. The molecule has 5 nitrogen and oxygen atoms in total. The summed E-state index contributed by atoms with van der Waals surface area (Å²) in [7, 11) is 0. The molecule has 158 valence electrons. The van der Waals surface area contributed by atoms with Crippen molar-refractivity contribution in [2.75, 3.05) is 0 Å². The lowest BCUT2D eigenvalue weighted by Crippen LogP contribution is -2.25. The van der Waals surface area contributed by atoms with E-state index in [9.17, 15) is 13.2 Å². The number of nitrogens with one attached hydrogen (secondary N) is 1. The molecule has 0 saturated carbocycles. The smallest absolute Gasteiger partial charge is 0.128 e. The summed E-state index contributed by atoms with van der Waals surface area (Å²) in [4.78, 5) is 0. The molecule has 31 heavy (non-hydrogen) atoms. The summed E-state index contributed by atoms with van der Waals surface area (Å²) in [6, 6.07) is 9.78. The van der Waals surface area contributed by atoms with Gasteiger partial charge in [-0.3, -0.25) is 0 Å². The molecule has 8 heteroatoms. The van der Waals surface area contributed by atoms with Gasteiger partial charge in [0.05, 0.1) is 23.8 Å². The summed E-state index contributed by atoms with van der Waals surface area (Å²) in [5, 5.41) is 12.2. The number of nitrogens with zero attached hydrogens (tertiary/aromatic N) is 4. The maximum atomic E-state index is 13.7. The maximum absolute atomic E-state index is 13.7. The topological polar surface area (TPSA) is 47.7 Å². The highest BCUT2D eigenvalue weighted by atomic mass is 19.1. The second-order valence-corrected chi connectivity index (χ2v) is 7.68. The van der Waals surface area contributed by atoms with Crippen molar-refractivity contribution in [2.24, 2.45) is 0 Å². The predicted molar refractivity (Wildman–Crippen MR) is 110 cm³/mol. The molecule has 1 aliphatic rings. The standard InChI is InChI=1S/C23H20F3N5/c24-16-3-1-4-19(8-16)30-14-15(12-28-30)11-27-22-5-2-6-23-21(22)13-29-31(23)20-9-17(25)7-18(26)10-20/h1,3-4,7-10,12-14,22,27H,2,5-6,11H2. The Hall–Kier alpha value is -3.39. The first-order valence-corrected chi connectivity index (χ1v) is 10.1. The number of aromatic nitrogens is 4. The molecule has 1 atom stereocenters. The van der Waals surface area contributed by atoms with Gasteiger partial charge in [-0.05, 0) is 49.6 Å². The van der Waals surface area contributed by atoms with Gasteiger partial charge in [0.15, 0.2) is 0 Å². The highest BCUT2D eigenvalue weighted by Crippen LogP contribution is 2.31. The summed E-state index contributed by atoms with van der Waals surface area (Å²) in [6.45, 7) is 0.583. The van der Waals surface area contributed by atoms with E-state index in [-0.39, 0.29) is 11.9 Å². The molecule has 0 saturated heterocycles. The summed E-state index contributed by atoms with van der Waals surface area (Å²) in [6.07, 6.45) is 8.06. The molecule has 4 aromatic rings. The first-order chi connectivity index (χ1) is 15.1. The Labute approximate surface area is 177 Å². The molecule has 0 aliphatic heterocycles. The quantitative estimate of drug-likeness (QED) is 0.509. The van der Waals surface area contributed by atoms with Crippen molar-refractivity contribution in [2.45, 2.75) is 31.8 Å². The molecule has 0 radical (unpaired) electrons. The van der Waals surface area contributed by atoms with E-state index in [2.05, 4.69) is 15.5 Å². The van der Waals surface area contributed by atoms with E-state index in [1.807, 2.05) is 6.20 Å². The number of hydrogen-bond donors (Lipinski definition) is 1. The number of rotatable bonds is 5. The third-order valence-corrected chi connectivity index (χ3v) is 5.54. The summed E-state index contributed by atoms with van der Waals surface area (Å²) >= 11 is 0. The fourth-order valence-corrected chi connectivity index (χ4v) is 4.11. The van der Waals surface area contributed by atoms with Crippen molar-refractivity contribution in [1.29, 1.82) is 0 Å². The maximum Gasteiger partial charge on any atom is 0.128 e. The second-order valence-electron chi connectivity index (χ2n) is 7.68. The third-order valence-electron chi connectivity index (χ3n) is 5.54. The zero-order chi connectivity index (χ0) is 21.4. The van der Waals surface area contributed by atoms with Crippen molar-refractivity contribution < 1.29 is 13.2 Å². The normalized spacial score (nSPS) is 15.8. The lowest BCUT2D eigenvalue weighted by molar-refractivity contribution is 0.454. The van der Waals surface area contributed by atoms with Crippen LogP contribution in [0.5, 0.6) is 0 Å². The third kappa shape index (κ3) is 3.98. The van der Waals surface area contributed by atoms with E-state index in [1.54, 1.807) is 33.9 Å². The van der Waals surface area contributed by atoms with Gasteiger partial charge < -0.3 is 5.32 Å². The summed E-state index contributed by atoms with van der Waals surface area (Å²) < 4.78 is 44.0. The van der Waals surface area contributed by atoms with Gasteiger partial charge in [0.2, 0.25) is 0 Å². The van der Waals surface area contributed by atoms with E-state index >= 15 is 0 Å².